The second-order valence-electron chi connectivity index (χ2n) is 8.06. The van der Waals surface area contributed by atoms with Gasteiger partial charge in [0.15, 0.2) is 0 Å². The number of piperidine rings is 1. The van der Waals surface area contributed by atoms with Crippen molar-refractivity contribution >= 4 is 11.9 Å². The number of carbonyl (C=O) groups is 2. The summed E-state index contributed by atoms with van der Waals surface area (Å²) in [5.41, 5.74) is 4.29. The van der Waals surface area contributed by atoms with Crippen LogP contribution in [0.2, 0.25) is 0 Å². The maximum Gasteiger partial charge on any atom is 0.314 e. The molecule has 6 nitrogen and oxygen atoms in total. The van der Waals surface area contributed by atoms with Crippen molar-refractivity contribution in [3.8, 4) is 6.07 Å². The fraction of sp³-hybridized carbons (Fsp3) is 0.824. The van der Waals surface area contributed by atoms with E-state index in [2.05, 4.69) is 11.4 Å². The Hall–Kier alpha value is -1.91. The summed E-state index contributed by atoms with van der Waals surface area (Å²) < 4.78 is 27.3. The molecule has 0 aromatic heterocycles. The van der Waals surface area contributed by atoms with E-state index >= 15 is 0 Å². The Bertz CT molecular complexity index is 613. The van der Waals surface area contributed by atoms with Crippen molar-refractivity contribution < 1.29 is 18.4 Å². The molecule has 1 aliphatic heterocycles. The highest BCUT2D eigenvalue weighted by Crippen LogP contribution is 2.63. The Labute approximate surface area is 145 Å². The molecule has 3 aliphatic rings. The summed E-state index contributed by atoms with van der Waals surface area (Å²) in [6, 6.07) is 1.61. The van der Waals surface area contributed by atoms with Gasteiger partial charge in [0.25, 0.3) is 0 Å². The quantitative estimate of drug-likeness (QED) is 0.790. The van der Waals surface area contributed by atoms with Crippen LogP contribution in [0.1, 0.15) is 45.4 Å². The van der Waals surface area contributed by atoms with Gasteiger partial charge in [-0.15, -0.1) is 0 Å². The Morgan fingerprint density at radius 1 is 1.36 bits per heavy atom. The topological polar surface area (TPSA) is 99.2 Å². The molecule has 1 unspecified atom stereocenters. The molecule has 0 radical (unpaired) electrons. The number of carbonyl (C=O) groups excluding carboxylic acids is 2. The fourth-order valence-corrected chi connectivity index (χ4v) is 4.22. The SMILES string of the molecule is CC(F)(F)C[C@H](C(=O)NC1(C#N)CC1)C1CC12CCN(C(N)=O)CC2. The number of alkyl halides is 2. The molecule has 3 N–H and O–H groups in total. The maximum absolute atomic E-state index is 13.7. The minimum atomic E-state index is -2.94. The van der Waals surface area contributed by atoms with Gasteiger partial charge in [-0.3, -0.25) is 4.79 Å². The lowest BCUT2D eigenvalue weighted by molar-refractivity contribution is -0.130. The van der Waals surface area contributed by atoms with Crippen LogP contribution in [0.5, 0.6) is 0 Å². The third-order valence-corrected chi connectivity index (χ3v) is 6.05. The summed E-state index contributed by atoms with van der Waals surface area (Å²) in [7, 11) is 0. The molecule has 25 heavy (non-hydrogen) atoms. The monoisotopic (exact) mass is 354 g/mol. The highest BCUT2D eigenvalue weighted by Gasteiger charge is 2.61. The predicted octanol–water partition coefficient (Wildman–Crippen LogP) is 2.00. The molecule has 3 fully saturated rings. The maximum atomic E-state index is 13.7. The molecule has 1 heterocycles. The van der Waals surface area contributed by atoms with Gasteiger partial charge in [-0.2, -0.15) is 5.26 Å². The van der Waals surface area contributed by atoms with E-state index in [4.69, 9.17) is 11.0 Å². The number of nitrogens with one attached hydrogen (secondary N) is 1. The van der Waals surface area contributed by atoms with E-state index in [0.717, 1.165) is 6.92 Å². The average molecular weight is 354 g/mol. The number of hydrogen-bond acceptors (Lipinski definition) is 3. The summed E-state index contributed by atoms with van der Waals surface area (Å²) in [5, 5.41) is 11.8. The number of primary amides is 1. The van der Waals surface area contributed by atoms with Crippen LogP contribution in [-0.2, 0) is 4.79 Å². The molecule has 1 spiro atoms. The van der Waals surface area contributed by atoms with E-state index in [1.807, 2.05) is 0 Å². The molecule has 2 aliphatic carbocycles. The van der Waals surface area contributed by atoms with Crippen molar-refractivity contribution in [2.24, 2.45) is 23.0 Å². The van der Waals surface area contributed by atoms with Crippen molar-refractivity contribution in [1.29, 1.82) is 5.26 Å². The number of likely N-dealkylation sites (tertiary alicyclic amines) is 1. The zero-order valence-electron chi connectivity index (χ0n) is 14.4. The van der Waals surface area contributed by atoms with Crippen LogP contribution in [0.15, 0.2) is 0 Å². The van der Waals surface area contributed by atoms with Crippen LogP contribution in [-0.4, -0.2) is 41.4 Å². The Morgan fingerprint density at radius 3 is 2.40 bits per heavy atom. The third-order valence-electron chi connectivity index (χ3n) is 6.05. The van der Waals surface area contributed by atoms with Gasteiger partial charge in [-0.1, -0.05) is 0 Å². The fourth-order valence-electron chi connectivity index (χ4n) is 4.22. The number of urea groups is 1. The molecular formula is C17H24F2N4O2. The van der Waals surface area contributed by atoms with E-state index in [0.29, 0.717) is 45.2 Å². The van der Waals surface area contributed by atoms with Gasteiger partial charge >= 0.3 is 6.03 Å². The molecule has 0 aromatic rings. The Balaban J connectivity index is 1.68. The molecule has 8 heteroatoms. The Morgan fingerprint density at radius 2 is 1.96 bits per heavy atom. The summed E-state index contributed by atoms with van der Waals surface area (Å²) >= 11 is 0. The first kappa shape index (κ1) is 17.9. The van der Waals surface area contributed by atoms with Gasteiger partial charge in [0.2, 0.25) is 11.8 Å². The van der Waals surface area contributed by atoms with Crippen molar-refractivity contribution in [2.45, 2.75) is 56.9 Å². The number of nitrogens with two attached hydrogens (primary N) is 1. The molecule has 2 atom stereocenters. The van der Waals surface area contributed by atoms with Gasteiger partial charge in [0.1, 0.15) is 5.54 Å². The largest absolute Gasteiger partial charge is 0.351 e. The van der Waals surface area contributed by atoms with E-state index < -0.39 is 35.7 Å². The standard InChI is InChI=1S/C17H24F2N4O2/c1-15(18,19)8-11(13(24)22-17(10-20)2-3-17)12-9-16(12)4-6-23(7-5-16)14(21)25/h11-12H,2-9H2,1H3,(H2,21,25)(H,22,24)/t11-,12?/m0/s1. The zero-order chi connectivity index (χ0) is 18.5. The molecular weight excluding hydrogens is 330 g/mol. The molecule has 0 bridgehead atoms. The number of halogens is 2. The smallest absolute Gasteiger partial charge is 0.314 e. The third kappa shape index (κ3) is 3.70. The van der Waals surface area contributed by atoms with Crippen molar-refractivity contribution in [3.63, 3.8) is 0 Å². The second kappa shape index (κ2) is 5.82. The molecule has 2 saturated carbocycles. The van der Waals surface area contributed by atoms with Crippen LogP contribution >= 0.6 is 0 Å². The van der Waals surface area contributed by atoms with Crippen molar-refractivity contribution in [3.05, 3.63) is 0 Å². The minimum absolute atomic E-state index is 0.122. The van der Waals surface area contributed by atoms with Crippen LogP contribution in [0.3, 0.4) is 0 Å². The lowest BCUT2D eigenvalue weighted by atomic mass is 9.84. The van der Waals surface area contributed by atoms with E-state index in [1.165, 1.54) is 0 Å². The van der Waals surface area contributed by atoms with Gasteiger partial charge in [-0.25, -0.2) is 13.6 Å². The first-order valence-electron chi connectivity index (χ1n) is 8.75. The van der Waals surface area contributed by atoms with Gasteiger partial charge < -0.3 is 16.0 Å². The van der Waals surface area contributed by atoms with Gasteiger partial charge in [0, 0.05) is 25.4 Å². The predicted molar refractivity (Wildman–Crippen MR) is 85.4 cm³/mol. The average Bonchev–Trinajstić information content (AvgIpc) is 3.43. The lowest BCUT2D eigenvalue weighted by Crippen LogP contribution is -2.45. The summed E-state index contributed by atoms with van der Waals surface area (Å²) in [4.78, 5) is 25.4. The summed E-state index contributed by atoms with van der Waals surface area (Å²) in [6.45, 7) is 1.84. The number of hydrogen-bond donors (Lipinski definition) is 2. The Kier molecular flexibility index (Phi) is 4.17. The molecule has 138 valence electrons. The van der Waals surface area contributed by atoms with Crippen LogP contribution in [0.4, 0.5) is 13.6 Å². The molecule has 3 amide bonds. The number of nitrogens with zero attached hydrogens (tertiary/aromatic N) is 2. The van der Waals surface area contributed by atoms with Crippen LogP contribution in [0.25, 0.3) is 0 Å². The van der Waals surface area contributed by atoms with Crippen molar-refractivity contribution in [1.82, 2.24) is 10.2 Å². The normalized spacial score (nSPS) is 27.3. The van der Waals surface area contributed by atoms with Crippen LogP contribution < -0.4 is 11.1 Å². The van der Waals surface area contributed by atoms with E-state index in [1.54, 1.807) is 4.90 Å². The van der Waals surface area contributed by atoms with E-state index in [-0.39, 0.29) is 11.3 Å². The van der Waals surface area contributed by atoms with Gasteiger partial charge in [0.05, 0.1) is 6.07 Å². The highest BCUT2D eigenvalue weighted by molar-refractivity contribution is 5.81. The van der Waals surface area contributed by atoms with E-state index in [9.17, 15) is 18.4 Å². The summed E-state index contributed by atoms with van der Waals surface area (Å²) in [5.74, 6) is -4.29. The second-order valence-corrected chi connectivity index (χ2v) is 8.06. The zero-order valence-corrected chi connectivity index (χ0v) is 14.4. The first-order chi connectivity index (χ1) is 11.6. The molecule has 1 saturated heterocycles. The lowest BCUT2D eigenvalue weighted by Gasteiger charge is -2.33. The number of rotatable bonds is 5. The molecule has 3 rings (SSSR count). The number of amides is 3. The highest BCUT2D eigenvalue weighted by atomic mass is 19.3. The first-order valence-corrected chi connectivity index (χ1v) is 8.75. The van der Waals surface area contributed by atoms with Gasteiger partial charge in [-0.05, 0) is 50.4 Å². The van der Waals surface area contributed by atoms with Crippen LogP contribution in [0, 0.1) is 28.6 Å². The summed E-state index contributed by atoms with van der Waals surface area (Å²) in [6.07, 6.45) is 2.73. The number of nitriles is 1. The van der Waals surface area contributed by atoms with Crippen molar-refractivity contribution in [2.75, 3.05) is 13.1 Å². The minimum Gasteiger partial charge on any atom is -0.351 e. The molecule has 0 aromatic carbocycles.